The first-order chi connectivity index (χ1) is 8.77. The third kappa shape index (κ3) is 3.34. The van der Waals surface area contributed by atoms with E-state index in [4.69, 9.17) is 4.74 Å². The summed E-state index contributed by atoms with van der Waals surface area (Å²) in [5.74, 6) is 0. The van der Waals surface area contributed by atoms with Gasteiger partial charge in [-0.2, -0.15) is 0 Å². The van der Waals surface area contributed by atoms with Crippen LogP contribution in [0.2, 0.25) is 0 Å². The molecule has 100 valence electrons. The molecular weight excluding hydrogens is 290 g/mol. The van der Waals surface area contributed by atoms with Crippen molar-refractivity contribution in [3.8, 4) is 0 Å². The average molecular weight is 312 g/mol. The maximum absolute atomic E-state index is 5.09. The maximum atomic E-state index is 5.09. The molecule has 0 saturated heterocycles. The molecule has 1 fully saturated rings. The summed E-state index contributed by atoms with van der Waals surface area (Å²) >= 11 is 3.51. The predicted octanol–water partition coefficient (Wildman–Crippen LogP) is 3.50. The Balaban J connectivity index is 2.04. The third-order valence-corrected chi connectivity index (χ3v) is 4.49. The van der Waals surface area contributed by atoms with Gasteiger partial charge in [-0.3, -0.25) is 0 Å². The van der Waals surface area contributed by atoms with Crippen LogP contribution in [0.5, 0.6) is 0 Å². The maximum Gasteiger partial charge on any atom is 0.0587 e. The number of nitrogens with one attached hydrogen (secondary N) is 1. The van der Waals surface area contributed by atoms with Crippen LogP contribution in [0.15, 0.2) is 28.7 Å². The van der Waals surface area contributed by atoms with Gasteiger partial charge in [-0.05, 0) is 30.5 Å². The predicted molar refractivity (Wildman–Crippen MR) is 79.0 cm³/mol. The summed E-state index contributed by atoms with van der Waals surface area (Å²) in [7, 11) is 1.75. The Hall–Kier alpha value is -0.380. The molecule has 1 aliphatic carbocycles. The number of benzene rings is 1. The molecule has 0 heterocycles. The van der Waals surface area contributed by atoms with Crippen molar-refractivity contribution in [1.82, 2.24) is 5.32 Å². The first-order valence-corrected chi connectivity index (χ1v) is 7.52. The number of rotatable bonds is 6. The van der Waals surface area contributed by atoms with E-state index in [0.29, 0.717) is 5.41 Å². The van der Waals surface area contributed by atoms with Crippen LogP contribution < -0.4 is 5.32 Å². The standard InChI is InChI=1S/C15H22BrNO/c1-18-11-10-17-12-15(8-2-3-9-15)13-4-6-14(16)7-5-13/h4-7,17H,2-3,8-12H2,1H3. The molecule has 1 aromatic rings. The van der Waals surface area contributed by atoms with E-state index in [1.165, 1.54) is 31.2 Å². The molecule has 18 heavy (non-hydrogen) atoms. The Morgan fingerprint density at radius 3 is 2.50 bits per heavy atom. The molecule has 1 N–H and O–H groups in total. The minimum absolute atomic E-state index is 0.342. The Bertz CT molecular complexity index is 357. The molecule has 0 spiro atoms. The lowest BCUT2D eigenvalue weighted by atomic mass is 9.79. The van der Waals surface area contributed by atoms with Crippen LogP contribution in [0.4, 0.5) is 0 Å². The molecule has 0 aliphatic heterocycles. The van der Waals surface area contributed by atoms with E-state index < -0.39 is 0 Å². The second kappa shape index (κ2) is 6.69. The lowest BCUT2D eigenvalue weighted by molar-refractivity contribution is 0.196. The first-order valence-electron chi connectivity index (χ1n) is 6.73. The molecule has 0 amide bonds. The zero-order valence-electron chi connectivity index (χ0n) is 11.0. The zero-order chi connectivity index (χ0) is 12.8. The fourth-order valence-corrected chi connectivity index (χ4v) is 3.19. The van der Waals surface area contributed by atoms with Crippen molar-refractivity contribution in [2.24, 2.45) is 0 Å². The SMILES string of the molecule is COCCNCC1(c2ccc(Br)cc2)CCCC1. The van der Waals surface area contributed by atoms with Crippen molar-refractivity contribution in [2.45, 2.75) is 31.1 Å². The number of methoxy groups -OCH3 is 1. The minimum Gasteiger partial charge on any atom is -0.383 e. The van der Waals surface area contributed by atoms with Crippen molar-refractivity contribution >= 4 is 15.9 Å². The normalized spacial score (nSPS) is 18.1. The summed E-state index contributed by atoms with van der Waals surface area (Å²) in [4.78, 5) is 0. The van der Waals surface area contributed by atoms with Crippen LogP contribution in [0, 0.1) is 0 Å². The second-order valence-corrected chi connectivity index (χ2v) is 6.08. The van der Waals surface area contributed by atoms with Crippen molar-refractivity contribution in [3.05, 3.63) is 34.3 Å². The van der Waals surface area contributed by atoms with Gasteiger partial charge in [-0.15, -0.1) is 0 Å². The summed E-state index contributed by atoms with van der Waals surface area (Å²) in [5, 5.41) is 3.55. The fourth-order valence-electron chi connectivity index (χ4n) is 2.92. The topological polar surface area (TPSA) is 21.3 Å². The molecule has 2 rings (SSSR count). The average Bonchev–Trinajstić information content (AvgIpc) is 2.85. The largest absolute Gasteiger partial charge is 0.383 e. The van der Waals surface area contributed by atoms with Gasteiger partial charge in [0.2, 0.25) is 0 Å². The first kappa shape index (κ1) is 14.0. The number of hydrogen-bond acceptors (Lipinski definition) is 2. The van der Waals surface area contributed by atoms with Gasteiger partial charge in [0.1, 0.15) is 0 Å². The highest BCUT2D eigenvalue weighted by Gasteiger charge is 2.34. The molecule has 1 aliphatic rings. The van der Waals surface area contributed by atoms with Gasteiger partial charge in [0.25, 0.3) is 0 Å². The molecule has 1 saturated carbocycles. The Kier molecular flexibility index (Phi) is 5.22. The molecule has 3 heteroatoms. The van der Waals surface area contributed by atoms with Gasteiger partial charge in [0.05, 0.1) is 6.61 Å². The van der Waals surface area contributed by atoms with Gasteiger partial charge in [-0.1, -0.05) is 40.9 Å². The minimum atomic E-state index is 0.342. The molecule has 0 unspecified atom stereocenters. The van der Waals surface area contributed by atoms with Crippen LogP contribution >= 0.6 is 15.9 Å². The number of ether oxygens (including phenoxy) is 1. The number of hydrogen-bond donors (Lipinski definition) is 1. The Labute approximate surface area is 118 Å². The van der Waals surface area contributed by atoms with Gasteiger partial charge in [-0.25, -0.2) is 0 Å². The molecule has 0 bridgehead atoms. The lowest BCUT2D eigenvalue weighted by Crippen LogP contribution is -2.37. The van der Waals surface area contributed by atoms with E-state index in [1.54, 1.807) is 7.11 Å². The van der Waals surface area contributed by atoms with Crippen molar-refractivity contribution < 1.29 is 4.74 Å². The molecule has 0 atom stereocenters. The van der Waals surface area contributed by atoms with Crippen LogP contribution in [-0.2, 0) is 10.2 Å². The quantitative estimate of drug-likeness (QED) is 0.812. The molecule has 2 nitrogen and oxygen atoms in total. The van der Waals surface area contributed by atoms with Crippen molar-refractivity contribution in [3.63, 3.8) is 0 Å². The van der Waals surface area contributed by atoms with E-state index in [0.717, 1.165) is 24.2 Å². The van der Waals surface area contributed by atoms with Gasteiger partial charge in [0, 0.05) is 30.1 Å². The van der Waals surface area contributed by atoms with E-state index in [-0.39, 0.29) is 0 Å². The highest BCUT2D eigenvalue weighted by molar-refractivity contribution is 9.10. The smallest absolute Gasteiger partial charge is 0.0587 e. The van der Waals surface area contributed by atoms with E-state index in [1.807, 2.05) is 0 Å². The van der Waals surface area contributed by atoms with Gasteiger partial charge in [0.15, 0.2) is 0 Å². The summed E-state index contributed by atoms with van der Waals surface area (Å²) in [5.41, 5.74) is 1.82. The highest BCUT2D eigenvalue weighted by atomic mass is 79.9. The third-order valence-electron chi connectivity index (χ3n) is 3.96. The lowest BCUT2D eigenvalue weighted by Gasteiger charge is -2.30. The van der Waals surface area contributed by atoms with Crippen LogP contribution in [-0.4, -0.2) is 26.8 Å². The van der Waals surface area contributed by atoms with Crippen molar-refractivity contribution in [2.75, 3.05) is 26.8 Å². The monoisotopic (exact) mass is 311 g/mol. The number of halogens is 1. The van der Waals surface area contributed by atoms with E-state index in [2.05, 4.69) is 45.5 Å². The Morgan fingerprint density at radius 1 is 1.22 bits per heavy atom. The van der Waals surface area contributed by atoms with Crippen LogP contribution in [0.3, 0.4) is 0 Å². The van der Waals surface area contributed by atoms with Gasteiger partial charge < -0.3 is 10.1 Å². The summed E-state index contributed by atoms with van der Waals surface area (Å²) in [6.45, 7) is 2.79. The second-order valence-electron chi connectivity index (χ2n) is 5.16. The Morgan fingerprint density at radius 2 is 1.89 bits per heavy atom. The summed E-state index contributed by atoms with van der Waals surface area (Å²) < 4.78 is 6.25. The zero-order valence-corrected chi connectivity index (χ0v) is 12.6. The molecule has 0 radical (unpaired) electrons. The van der Waals surface area contributed by atoms with Gasteiger partial charge >= 0.3 is 0 Å². The summed E-state index contributed by atoms with van der Waals surface area (Å²) in [6, 6.07) is 8.86. The molecule has 0 aromatic heterocycles. The van der Waals surface area contributed by atoms with Crippen molar-refractivity contribution in [1.29, 1.82) is 0 Å². The fraction of sp³-hybridized carbons (Fsp3) is 0.600. The summed E-state index contributed by atoms with van der Waals surface area (Å²) in [6.07, 6.45) is 5.30. The molecule has 1 aromatic carbocycles. The highest BCUT2D eigenvalue weighted by Crippen LogP contribution is 2.40. The molecular formula is C15H22BrNO. The van der Waals surface area contributed by atoms with Crippen LogP contribution in [0.25, 0.3) is 0 Å². The van der Waals surface area contributed by atoms with Crippen LogP contribution in [0.1, 0.15) is 31.2 Å². The van der Waals surface area contributed by atoms with E-state index >= 15 is 0 Å². The van der Waals surface area contributed by atoms with E-state index in [9.17, 15) is 0 Å².